The van der Waals surface area contributed by atoms with Crippen molar-refractivity contribution in [1.29, 1.82) is 0 Å². The molecule has 4 rings (SSSR count). The second-order valence-electron chi connectivity index (χ2n) is 10.0. The van der Waals surface area contributed by atoms with Crippen LogP contribution in [-0.2, 0) is 22.7 Å². The molecule has 0 aliphatic carbocycles. The van der Waals surface area contributed by atoms with Gasteiger partial charge in [0.1, 0.15) is 11.3 Å². The van der Waals surface area contributed by atoms with Gasteiger partial charge in [-0.15, -0.1) is 0 Å². The summed E-state index contributed by atoms with van der Waals surface area (Å²) in [7, 11) is 0. The number of amides is 3. The second-order valence-corrected chi connectivity index (χ2v) is 10.0. The molecule has 0 radical (unpaired) electrons. The first-order valence-corrected chi connectivity index (χ1v) is 13.5. The Balaban J connectivity index is 1.71. The molecule has 1 saturated heterocycles. The lowest BCUT2D eigenvalue weighted by atomic mass is 9.83. The molecule has 1 aliphatic rings. The van der Waals surface area contributed by atoms with E-state index in [0.717, 1.165) is 22.4 Å². The first-order valence-electron chi connectivity index (χ1n) is 13.5. The molecule has 0 spiro atoms. The summed E-state index contributed by atoms with van der Waals surface area (Å²) in [6, 6.07) is 24.8. The van der Waals surface area contributed by atoms with Crippen molar-refractivity contribution in [3.63, 3.8) is 0 Å². The normalized spacial score (nSPS) is 14.4. The van der Waals surface area contributed by atoms with Gasteiger partial charge in [0.05, 0.1) is 6.61 Å². The van der Waals surface area contributed by atoms with Crippen LogP contribution in [0.3, 0.4) is 0 Å². The van der Waals surface area contributed by atoms with Gasteiger partial charge in [-0.05, 0) is 62.1 Å². The smallest absolute Gasteiger partial charge is 0.255 e. The molecule has 1 aliphatic heterocycles. The summed E-state index contributed by atoms with van der Waals surface area (Å²) in [6.45, 7) is 7.41. The van der Waals surface area contributed by atoms with E-state index < -0.39 is 5.54 Å². The number of carbonyl (C=O) groups is 3. The summed E-state index contributed by atoms with van der Waals surface area (Å²) in [5, 5.41) is 3.10. The minimum Gasteiger partial charge on any atom is -0.494 e. The van der Waals surface area contributed by atoms with Gasteiger partial charge in [-0.2, -0.15) is 0 Å². The van der Waals surface area contributed by atoms with E-state index >= 15 is 0 Å². The fourth-order valence-corrected chi connectivity index (χ4v) is 5.06. The summed E-state index contributed by atoms with van der Waals surface area (Å²) in [5.41, 5.74) is 2.32. The molecule has 1 heterocycles. The van der Waals surface area contributed by atoms with Gasteiger partial charge in [0.25, 0.3) is 5.91 Å². The number of aryl methyl sites for hydroxylation is 1. The number of benzene rings is 3. The molecule has 204 valence electrons. The first-order chi connectivity index (χ1) is 18.8. The molecule has 0 unspecified atom stereocenters. The number of piperidine rings is 1. The highest BCUT2D eigenvalue weighted by Gasteiger charge is 2.48. The molecule has 0 aromatic heterocycles. The molecule has 0 atom stereocenters. The van der Waals surface area contributed by atoms with Crippen molar-refractivity contribution in [2.75, 3.05) is 19.7 Å². The van der Waals surface area contributed by atoms with Gasteiger partial charge < -0.3 is 19.9 Å². The number of hydrogen-bond acceptors (Lipinski definition) is 4. The molecular weight excluding hydrogens is 490 g/mol. The fraction of sp³-hybridized carbons (Fsp3) is 0.344. The van der Waals surface area contributed by atoms with Gasteiger partial charge in [0.2, 0.25) is 11.8 Å². The lowest BCUT2D eigenvalue weighted by molar-refractivity contribution is -0.141. The predicted molar refractivity (Wildman–Crippen MR) is 151 cm³/mol. The number of nitrogens with zero attached hydrogens (tertiary/aromatic N) is 2. The van der Waals surface area contributed by atoms with Crippen LogP contribution in [-0.4, -0.2) is 52.8 Å². The summed E-state index contributed by atoms with van der Waals surface area (Å²) < 4.78 is 5.59. The van der Waals surface area contributed by atoms with E-state index in [1.54, 1.807) is 9.80 Å². The monoisotopic (exact) mass is 527 g/mol. The van der Waals surface area contributed by atoms with E-state index in [1.807, 2.05) is 92.7 Å². The third-order valence-corrected chi connectivity index (χ3v) is 7.39. The van der Waals surface area contributed by atoms with Crippen LogP contribution in [0.25, 0.3) is 0 Å². The molecule has 3 aromatic carbocycles. The van der Waals surface area contributed by atoms with Crippen molar-refractivity contribution >= 4 is 17.7 Å². The molecule has 0 bridgehead atoms. The predicted octanol–water partition coefficient (Wildman–Crippen LogP) is 4.73. The Bertz CT molecular complexity index is 1270. The lowest BCUT2D eigenvalue weighted by Gasteiger charge is -2.47. The molecule has 39 heavy (non-hydrogen) atoms. The largest absolute Gasteiger partial charge is 0.494 e. The molecule has 3 amide bonds. The Kier molecular flexibility index (Phi) is 9.02. The number of hydrogen-bond donors (Lipinski definition) is 1. The number of ether oxygens (including phenoxy) is 1. The van der Waals surface area contributed by atoms with E-state index in [2.05, 4.69) is 5.32 Å². The Hall–Kier alpha value is -4.13. The van der Waals surface area contributed by atoms with E-state index in [0.29, 0.717) is 44.6 Å². The van der Waals surface area contributed by atoms with Crippen molar-refractivity contribution in [3.05, 3.63) is 101 Å². The van der Waals surface area contributed by atoms with Crippen LogP contribution in [0.15, 0.2) is 78.9 Å². The Morgan fingerprint density at radius 3 is 2.13 bits per heavy atom. The van der Waals surface area contributed by atoms with Crippen molar-refractivity contribution in [1.82, 2.24) is 15.1 Å². The zero-order valence-electron chi connectivity index (χ0n) is 23.0. The summed E-state index contributed by atoms with van der Waals surface area (Å²) in [4.78, 5) is 43.9. The van der Waals surface area contributed by atoms with Gasteiger partial charge in [-0.3, -0.25) is 14.4 Å². The highest BCUT2D eigenvalue weighted by atomic mass is 16.5. The first kappa shape index (κ1) is 27.9. The maximum Gasteiger partial charge on any atom is 0.255 e. The van der Waals surface area contributed by atoms with Crippen LogP contribution < -0.4 is 10.1 Å². The highest BCUT2D eigenvalue weighted by Crippen LogP contribution is 2.33. The van der Waals surface area contributed by atoms with E-state index in [-0.39, 0.29) is 24.3 Å². The van der Waals surface area contributed by atoms with Gasteiger partial charge in [0.15, 0.2) is 0 Å². The minimum absolute atomic E-state index is 0.0313. The van der Waals surface area contributed by atoms with Crippen LogP contribution in [0.5, 0.6) is 5.75 Å². The Morgan fingerprint density at radius 2 is 1.54 bits per heavy atom. The van der Waals surface area contributed by atoms with E-state index in [4.69, 9.17) is 4.74 Å². The lowest BCUT2D eigenvalue weighted by Crippen LogP contribution is -2.64. The van der Waals surface area contributed by atoms with E-state index in [9.17, 15) is 14.4 Å². The highest BCUT2D eigenvalue weighted by molar-refractivity contribution is 5.99. The topological polar surface area (TPSA) is 79.0 Å². The molecular formula is C32H37N3O4. The van der Waals surface area contributed by atoms with Gasteiger partial charge in [0, 0.05) is 38.7 Å². The molecule has 1 N–H and O–H groups in total. The quantitative estimate of drug-likeness (QED) is 0.436. The zero-order valence-corrected chi connectivity index (χ0v) is 23.0. The maximum atomic E-state index is 14.2. The van der Waals surface area contributed by atoms with Crippen molar-refractivity contribution < 1.29 is 19.1 Å². The molecule has 0 saturated carbocycles. The second kappa shape index (κ2) is 12.6. The van der Waals surface area contributed by atoms with Crippen molar-refractivity contribution in [3.8, 4) is 5.75 Å². The molecule has 7 heteroatoms. The number of carbonyl (C=O) groups excluding carboxylic acids is 3. The van der Waals surface area contributed by atoms with Crippen LogP contribution in [0.4, 0.5) is 0 Å². The molecule has 3 aromatic rings. The Labute approximate surface area is 230 Å². The average molecular weight is 528 g/mol. The fourth-order valence-electron chi connectivity index (χ4n) is 5.06. The summed E-state index contributed by atoms with van der Waals surface area (Å²) in [5.74, 6) is 0.301. The standard InChI is InChI=1S/C32H37N3O4/c1-4-39-29-16-12-27(13-17-29)23-35(30(37)28-14-10-24(2)11-15-28)32(18-20-34(21-19-32)25(3)36)31(38)33-22-26-8-6-5-7-9-26/h5-17H,4,18-23H2,1-3H3,(H,33,38). The average Bonchev–Trinajstić information content (AvgIpc) is 2.96. The Morgan fingerprint density at radius 1 is 0.897 bits per heavy atom. The number of rotatable bonds is 9. The third kappa shape index (κ3) is 6.66. The van der Waals surface area contributed by atoms with Gasteiger partial charge in [-0.25, -0.2) is 0 Å². The zero-order chi connectivity index (χ0) is 27.8. The minimum atomic E-state index is -1.12. The number of nitrogens with one attached hydrogen (secondary N) is 1. The third-order valence-electron chi connectivity index (χ3n) is 7.39. The van der Waals surface area contributed by atoms with Crippen LogP contribution in [0.2, 0.25) is 0 Å². The SMILES string of the molecule is CCOc1ccc(CN(C(=O)c2ccc(C)cc2)C2(C(=O)NCc3ccccc3)CCN(C(C)=O)CC2)cc1. The van der Waals surface area contributed by atoms with Crippen LogP contribution in [0, 0.1) is 6.92 Å². The van der Waals surface area contributed by atoms with E-state index in [1.165, 1.54) is 6.92 Å². The molecule has 7 nitrogen and oxygen atoms in total. The van der Waals surface area contributed by atoms with Crippen LogP contribution >= 0.6 is 0 Å². The van der Waals surface area contributed by atoms with Gasteiger partial charge >= 0.3 is 0 Å². The summed E-state index contributed by atoms with van der Waals surface area (Å²) in [6.07, 6.45) is 0.698. The molecule has 1 fully saturated rings. The maximum absolute atomic E-state index is 14.2. The summed E-state index contributed by atoms with van der Waals surface area (Å²) >= 11 is 0. The van der Waals surface area contributed by atoms with Crippen molar-refractivity contribution in [2.45, 2.75) is 52.2 Å². The van der Waals surface area contributed by atoms with Gasteiger partial charge in [-0.1, -0.05) is 60.2 Å². The van der Waals surface area contributed by atoms with Crippen molar-refractivity contribution in [2.24, 2.45) is 0 Å². The number of likely N-dealkylation sites (tertiary alicyclic amines) is 1. The van der Waals surface area contributed by atoms with Crippen LogP contribution in [0.1, 0.15) is 53.7 Å².